The first-order valence-electron chi connectivity index (χ1n) is 5.01. The molecule has 1 N–H and O–H groups in total. The van der Waals surface area contributed by atoms with Gasteiger partial charge in [-0.15, -0.1) is 0 Å². The van der Waals surface area contributed by atoms with E-state index in [0.29, 0.717) is 11.3 Å². The Balaban J connectivity index is 2.83. The predicted molar refractivity (Wildman–Crippen MR) is 61.8 cm³/mol. The first-order valence-corrected chi connectivity index (χ1v) is 6.66. The molecule has 1 aromatic carbocycles. The van der Waals surface area contributed by atoms with Crippen molar-refractivity contribution in [1.29, 1.82) is 0 Å². The van der Waals surface area contributed by atoms with Crippen molar-refractivity contribution in [2.24, 2.45) is 0 Å². The van der Waals surface area contributed by atoms with Crippen molar-refractivity contribution in [3.05, 3.63) is 29.8 Å². The van der Waals surface area contributed by atoms with E-state index in [1.54, 1.807) is 12.1 Å². The number of hydrogen-bond donors (Lipinski definition) is 1. The molecule has 0 fully saturated rings. The summed E-state index contributed by atoms with van der Waals surface area (Å²) in [5.74, 6) is 0.207. The van der Waals surface area contributed by atoms with E-state index in [-0.39, 0.29) is 5.75 Å². The molecule has 1 aromatic rings. The third-order valence-corrected chi connectivity index (χ3v) is 4.22. The van der Waals surface area contributed by atoms with Gasteiger partial charge in [0, 0.05) is 0 Å². The zero-order chi connectivity index (χ0) is 11.3. The van der Waals surface area contributed by atoms with E-state index in [4.69, 9.17) is 0 Å². The second-order valence-corrected chi connectivity index (χ2v) is 5.62. The fraction of sp³-hybridized carbons (Fsp3) is 0.455. The Morgan fingerprint density at radius 2 is 1.93 bits per heavy atom. The zero-order valence-corrected chi connectivity index (χ0v) is 9.97. The smallest absolute Gasteiger partial charge is 0.178 e. The van der Waals surface area contributed by atoms with E-state index in [1.807, 2.05) is 26.1 Å². The van der Waals surface area contributed by atoms with Crippen LogP contribution in [0.3, 0.4) is 0 Å². The number of sulfone groups is 1. The van der Waals surface area contributed by atoms with Gasteiger partial charge < -0.3 is 5.32 Å². The molecule has 0 aromatic heterocycles. The van der Waals surface area contributed by atoms with Crippen LogP contribution in [0, 0.1) is 6.92 Å². The molecule has 15 heavy (non-hydrogen) atoms. The summed E-state index contributed by atoms with van der Waals surface area (Å²) in [7, 11) is -1.28. The Labute approximate surface area is 91.4 Å². The van der Waals surface area contributed by atoms with Crippen LogP contribution in [-0.4, -0.2) is 27.8 Å². The van der Waals surface area contributed by atoms with Gasteiger partial charge in [-0.2, -0.15) is 0 Å². The van der Waals surface area contributed by atoms with Crippen molar-refractivity contribution in [3.63, 3.8) is 0 Å². The number of nitrogens with one attached hydrogen (secondary N) is 1. The SMILES string of the molecule is CNCCCS(=O)(=O)c1ccccc1C. The Kier molecular flexibility index (Phi) is 4.29. The summed E-state index contributed by atoms with van der Waals surface area (Å²) >= 11 is 0. The summed E-state index contributed by atoms with van der Waals surface area (Å²) in [6.07, 6.45) is 0.646. The third-order valence-electron chi connectivity index (χ3n) is 2.27. The van der Waals surface area contributed by atoms with Gasteiger partial charge in [-0.25, -0.2) is 8.42 Å². The first kappa shape index (κ1) is 12.2. The van der Waals surface area contributed by atoms with Crippen LogP contribution >= 0.6 is 0 Å². The summed E-state index contributed by atoms with van der Waals surface area (Å²) in [5.41, 5.74) is 0.821. The van der Waals surface area contributed by atoms with Gasteiger partial charge in [0.25, 0.3) is 0 Å². The summed E-state index contributed by atoms with van der Waals surface area (Å²) in [4.78, 5) is 0.459. The molecule has 0 atom stereocenters. The summed E-state index contributed by atoms with van der Waals surface area (Å²) < 4.78 is 23.8. The number of hydrogen-bond acceptors (Lipinski definition) is 3. The van der Waals surface area contributed by atoms with E-state index in [9.17, 15) is 8.42 Å². The van der Waals surface area contributed by atoms with Crippen molar-refractivity contribution in [2.75, 3.05) is 19.3 Å². The lowest BCUT2D eigenvalue weighted by atomic mass is 10.2. The van der Waals surface area contributed by atoms with Gasteiger partial charge in [-0.1, -0.05) is 18.2 Å². The molecule has 3 nitrogen and oxygen atoms in total. The molecule has 0 heterocycles. The molecule has 0 radical (unpaired) electrons. The predicted octanol–water partition coefficient (Wildman–Crippen LogP) is 1.38. The monoisotopic (exact) mass is 227 g/mol. The summed E-state index contributed by atoms with van der Waals surface area (Å²) in [5, 5.41) is 2.94. The minimum Gasteiger partial charge on any atom is -0.320 e. The van der Waals surface area contributed by atoms with E-state index in [0.717, 1.165) is 12.1 Å². The Bertz CT molecular complexity index is 412. The maximum atomic E-state index is 11.9. The van der Waals surface area contributed by atoms with Gasteiger partial charge >= 0.3 is 0 Å². The topological polar surface area (TPSA) is 46.2 Å². The van der Waals surface area contributed by atoms with Gasteiger partial charge in [-0.05, 0) is 38.6 Å². The highest BCUT2D eigenvalue weighted by Crippen LogP contribution is 2.16. The molecule has 0 amide bonds. The highest BCUT2D eigenvalue weighted by atomic mass is 32.2. The quantitative estimate of drug-likeness (QED) is 0.773. The highest BCUT2D eigenvalue weighted by molar-refractivity contribution is 7.91. The maximum Gasteiger partial charge on any atom is 0.178 e. The highest BCUT2D eigenvalue weighted by Gasteiger charge is 2.15. The molecule has 0 bridgehead atoms. The first-order chi connectivity index (χ1) is 7.08. The number of aryl methyl sites for hydroxylation is 1. The molecule has 0 aliphatic rings. The lowest BCUT2D eigenvalue weighted by Gasteiger charge is -2.06. The molecular formula is C11H17NO2S. The van der Waals surface area contributed by atoms with Crippen molar-refractivity contribution in [3.8, 4) is 0 Å². The van der Waals surface area contributed by atoms with E-state index < -0.39 is 9.84 Å². The fourth-order valence-electron chi connectivity index (χ4n) is 1.45. The van der Waals surface area contributed by atoms with Crippen LogP contribution in [0.5, 0.6) is 0 Å². The van der Waals surface area contributed by atoms with Gasteiger partial charge in [0.05, 0.1) is 10.6 Å². The summed E-state index contributed by atoms with van der Waals surface area (Å²) in [6, 6.07) is 7.11. The molecule has 0 spiro atoms. The largest absolute Gasteiger partial charge is 0.320 e. The van der Waals surface area contributed by atoms with Crippen LogP contribution < -0.4 is 5.32 Å². The van der Waals surface area contributed by atoms with Crippen LogP contribution in [0.1, 0.15) is 12.0 Å². The lowest BCUT2D eigenvalue weighted by molar-refractivity contribution is 0.591. The van der Waals surface area contributed by atoms with Crippen molar-refractivity contribution in [1.82, 2.24) is 5.32 Å². The normalized spacial score (nSPS) is 11.6. The average molecular weight is 227 g/mol. The van der Waals surface area contributed by atoms with Crippen LogP contribution in [0.25, 0.3) is 0 Å². The minimum absolute atomic E-state index is 0.207. The molecule has 0 unspecified atom stereocenters. The fourth-order valence-corrected chi connectivity index (χ4v) is 3.04. The molecule has 84 valence electrons. The van der Waals surface area contributed by atoms with Gasteiger partial charge in [0.1, 0.15) is 0 Å². The molecule has 4 heteroatoms. The van der Waals surface area contributed by atoms with Crippen molar-refractivity contribution >= 4 is 9.84 Å². The van der Waals surface area contributed by atoms with E-state index >= 15 is 0 Å². The molecule has 0 aliphatic heterocycles. The van der Waals surface area contributed by atoms with Crippen molar-refractivity contribution in [2.45, 2.75) is 18.2 Å². The summed E-state index contributed by atoms with van der Waals surface area (Å²) in [6.45, 7) is 2.55. The van der Waals surface area contributed by atoms with Crippen LogP contribution in [-0.2, 0) is 9.84 Å². The van der Waals surface area contributed by atoms with E-state index in [2.05, 4.69) is 5.32 Å². The lowest BCUT2D eigenvalue weighted by Crippen LogP contribution is -2.15. The molecule has 0 saturated heterocycles. The average Bonchev–Trinajstić information content (AvgIpc) is 2.18. The van der Waals surface area contributed by atoms with E-state index in [1.165, 1.54) is 0 Å². The maximum absolute atomic E-state index is 11.9. The Hall–Kier alpha value is -0.870. The van der Waals surface area contributed by atoms with Crippen LogP contribution in [0.2, 0.25) is 0 Å². The second-order valence-electron chi connectivity index (χ2n) is 3.54. The molecular weight excluding hydrogens is 210 g/mol. The molecule has 0 saturated carbocycles. The Morgan fingerprint density at radius 3 is 2.53 bits per heavy atom. The van der Waals surface area contributed by atoms with Crippen molar-refractivity contribution < 1.29 is 8.42 Å². The standard InChI is InChI=1S/C11H17NO2S/c1-10-6-3-4-7-11(10)15(13,14)9-5-8-12-2/h3-4,6-7,12H,5,8-9H2,1-2H3. The van der Waals surface area contributed by atoms with Gasteiger partial charge in [0.2, 0.25) is 0 Å². The molecule has 0 aliphatic carbocycles. The van der Waals surface area contributed by atoms with Crippen LogP contribution in [0.15, 0.2) is 29.2 Å². The minimum atomic E-state index is -3.10. The second kappa shape index (κ2) is 5.28. The number of benzene rings is 1. The van der Waals surface area contributed by atoms with Gasteiger partial charge in [0.15, 0.2) is 9.84 Å². The Morgan fingerprint density at radius 1 is 1.27 bits per heavy atom. The molecule has 1 rings (SSSR count). The van der Waals surface area contributed by atoms with Crippen LogP contribution in [0.4, 0.5) is 0 Å². The van der Waals surface area contributed by atoms with Gasteiger partial charge in [-0.3, -0.25) is 0 Å². The third kappa shape index (κ3) is 3.32. The number of rotatable bonds is 5. The zero-order valence-electron chi connectivity index (χ0n) is 9.16.